The van der Waals surface area contributed by atoms with Crippen LogP contribution >= 0.6 is 0 Å². The van der Waals surface area contributed by atoms with Crippen LogP contribution in [0.5, 0.6) is 0 Å². The summed E-state index contributed by atoms with van der Waals surface area (Å²) in [6.45, 7) is 3.73. The first kappa shape index (κ1) is 18.2. The highest BCUT2D eigenvalue weighted by Gasteiger charge is 2.31. The van der Waals surface area contributed by atoms with E-state index in [0.717, 1.165) is 5.56 Å². The van der Waals surface area contributed by atoms with Crippen LogP contribution < -0.4 is 5.32 Å². The summed E-state index contributed by atoms with van der Waals surface area (Å²) in [5.74, 6) is 0.0523. The molecule has 2 N–H and O–H groups in total. The van der Waals surface area contributed by atoms with Crippen molar-refractivity contribution in [3.63, 3.8) is 0 Å². The lowest BCUT2D eigenvalue weighted by Gasteiger charge is -2.38. The van der Waals surface area contributed by atoms with Crippen molar-refractivity contribution >= 4 is 6.09 Å². The number of hydrogen-bond donors (Lipinski definition) is 2. The number of piperidine rings is 1. The average molecular weight is 331 g/mol. The zero-order chi connectivity index (χ0) is 17.4. The van der Waals surface area contributed by atoms with Crippen LogP contribution in [0.15, 0.2) is 30.3 Å². The van der Waals surface area contributed by atoms with Crippen LogP contribution in [0, 0.1) is 17.2 Å². The van der Waals surface area contributed by atoms with Crippen molar-refractivity contribution in [1.29, 1.82) is 5.26 Å². The van der Waals surface area contributed by atoms with Crippen molar-refractivity contribution in [2.75, 3.05) is 19.6 Å². The van der Waals surface area contributed by atoms with E-state index in [2.05, 4.69) is 11.4 Å². The summed E-state index contributed by atoms with van der Waals surface area (Å²) < 4.78 is 5.25. The maximum atomic E-state index is 12.0. The van der Waals surface area contributed by atoms with E-state index >= 15 is 0 Å². The Bertz CT molecular complexity index is 558. The van der Waals surface area contributed by atoms with Gasteiger partial charge in [0.2, 0.25) is 0 Å². The minimum absolute atomic E-state index is 0.0523. The maximum absolute atomic E-state index is 12.0. The molecule has 0 saturated carbocycles. The van der Waals surface area contributed by atoms with Gasteiger partial charge in [-0.2, -0.15) is 5.26 Å². The third kappa shape index (κ3) is 5.52. The molecule has 130 valence electrons. The topological polar surface area (TPSA) is 85.6 Å². The van der Waals surface area contributed by atoms with Gasteiger partial charge in [0.25, 0.3) is 0 Å². The standard InChI is InChI=1S/C18H25N3O3/c1-2-17(22)15-10-16(12-21(11-15)9-8-19)20-18(23)24-13-14-6-4-3-5-7-14/h3-7,15-17,22H,2,9-13H2,1H3,(H,20,23). The summed E-state index contributed by atoms with van der Waals surface area (Å²) in [6, 6.07) is 11.5. The lowest BCUT2D eigenvalue weighted by atomic mass is 9.88. The first-order valence-electron chi connectivity index (χ1n) is 8.37. The number of nitrogens with zero attached hydrogens (tertiary/aromatic N) is 2. The Morgan fingerprint density at radius 3 is 2.88 bits per heavy atom. The lowest BCUT2D eigenvalue weighted by molar-refractivity contribution is 0.0384. The van der Waals surface area contributed by atoms with E-state index in [1.54, 1.807) is 0 Å². The predicted octanol–water partition coefficient (Wildman–Crippen LogP) is 1.90. The second-order valence-corrected chi connectivity index (χ2v) is 6.23. The Morgan fingerprint density at radius 2 is 2.21 bits per heavy atom. The monoisotopic (exact) mass is 331 g/mol. The van der Waals surface area contributed by atoms with E-state index in [1.807, 2.05) is 42.2 Å². The van der Waals surface area contributed by atoms with Gasteiger partial charge in [-0.3, -0.25) is 4.90 Å². The minimum Gasteiger partial charge on any atom is -0.445 e. The molecule has 1 aliphatic heterocycles. The van der Waals surface area contributed by atoms with E-state index in [0.29, 0.717) is 32.5 Å². The second-order valence-electron chi connectivity index (χ2n) is 6.23. The van der Waals surface area contributed by atoms with E-state index < -0.39 is 12.2 Å². The molecule has 0 aromatic heterocycles. The van der Waals surface area contributed by atoms with Gasteiger partial charge in [0.15, 0.2) is 0 Å². The molecule has 0 aliphatic carbocycles. The van der Waals surface area contributed by atoms with Gasteiger partial charge in [-0.25, -0.2) is 4.79 Å². The number of nitrogens with one attached hydrogen (secondary N) is 1. The molecule has 1 heterocycles. The zero-order valence-corrected chi connectivity index (χ0v) is 14.0. The Labute approximate surface area is 143 Å². The van der Waals surface area contributed by atoms with E-state index in [4.69, 9.17) is 10.00 Å². The Kier molecular flexibility index (Phi) is 7.04. The lowest BCUT2D eigenvalue weighted by Crippen LogP contribution is -2.53. The van der Waals surface area contributed by atoms with Crippen LogP contribution in [0.1, 0.15) is 25.3 Å². The van der Waals surface area contributed by atoms with Crippen LogP contribution in [0.25, 0.3) is 0 Å². The number of hydrogen-bond acceptors (Lipinski definition) is 5. The number of ether oxygens (including phenoxy) is 1. The first-order chi connectivity index (χ1) is 11.6. The van der Waals surface area contributed by atoms with Gasteiger partial charge in [-0.1, -0.05) is 37.3 Å². The molecule has 1 saturated heterocycles. The summed E-state index contributed by atoms with van der Waals surface area (Å²) in [4.78, 5) is 14.0. The minimum atomic E-state index is -0.465. The highest BCUT2D eigenvalue weighted by molar-refractivity contribution is 5.67. The normalized spacial score (nSPS) is 22.4. The number of amides is 1. The van der Waals surface area contributed by atoms with Gasteiger partial charge in [-0.05, 0) is 24.3 Å². The van der Waals surface area contributed by atoms with Crippen molar-refractivity contribution in [3.05, 3.63) is 35.9 Å². The molecule has 1 aromatic rings. The SMILES string of the molecule is CCC(O)C1CC(NC(=O)OCc2ccccc2)CN(CC#N)C1. The number of alkyl carbamates (subject to hydrolysis) is 1. The predicted molar refractivity (Wildman–Crippen MR) is 90.0 cm³/mol. The summed E-state index contributed by atoms with van der Waals surface area (Å²) in [5, 5.41) is 21.9. The molecule has 3 unspecified atom stereocenters. The average Bonchev–Trinajstić information content (AvgIpc) is 2.60. The summed E-state index contributed by atoms with van der Waals surface area (Å²) in [7, 11) is 0. The molecular weight excluding hydrogens is 306 g/mol. The molecule has 6 heteroatoms. The second kappa shape index (κ2) is 9.26. The van der Waals surface area contributed by atoms with E-state index in [1.165, 1.54) is 0 Å². The van der Waals surface area contributed by atoms with Gasteiger partial charge in [0.05, 0.1) is 18.7 Å². The summed E-state index contributed by atoms with van der Waals surface area (Å²) >= 11 is 0. The molecule has 1 amide bonds. The van der Waals surface area contributed by atoms with Gasteiger partial charge in [0, 0.05) is 19.1 Å². The Hall–Kier alpha value is -2.10. The van der Waals surface area contributed by atoms with Gasteiger partial charge < -0.3 is 15.2 Å². The molecule has 1 aliphatic rings. The molecule has 1 fully saturated rings. The zero-order valence-electron chi connectivity index (χ0n) is 14.0. The molecule has 2 rings (SSSR count). The Morgan fingerprint density at radius 1 is 1.46 bits per heavy atom. The molecule has 0 radical (unpaired) electrons. The highest BCUT2D eigenvalue weighted by atomic mass is 16.5. The fraction of sp³-hybridized carbons (Fsp3) is 0.556. The third-order valence-electron chi connectivity index (χ3n) is 4.35. The molecular formula is C18H25N3O3. The van der Waals surface area contributed by atoms with Crippen LogP contribution in [-0.2, 0) is 11.3 Å². The summed E-state index contributed by atoms with van der Waals surface area (Å²) in [5.41, 5.74) is 0.932. The molecule has 24 heavy (non-hydrogen) atoms. The van der Waals surface area contributed by atoms with Crippen molar-refractivity contribution in [2.24, 2.45) is 5.92 Å². The van der Waals surface area contributed by atoms with Crippen LogP contribution in [0.2, 0.25) is 0 Å². The maximum Gasteiger partial charge on any atom is 0.407 e. The molecule has 3 atom stereocenters. The molecule has 6 nitrogen and oxygen atoms in total. The van der Waals surface area contributed by atoms with Gasteiger partial charge in [-0.15, -0.1) is 0 Å². The van der Waals surface area contributed by atoms with Crippen molar-refractivity contribution in [3.8, 4) is 6.07 Å². The summed E-state index contributed by atoms with van der Waals surface area (Å²) in [6.07, 6.45) is 0.469. The number of aliphatic hydroxyl groups excluding tert-OH is 1. The molecule has 0 spiro atoms. The molecule has 0 bridgehead atoms. The number of carbonyl (C=O) groups excluding carboxylic acids is 1. The molecule has 1 aromatic carbocycles. The van der Waals surface area contributed by atoms with Crippen LogP contribution in [0.3, 0.4) is 0 Å². The van der Waals surface area contributed by atoms with Crippen molar-refractivity contribution in [1.82, 2.24) is 10.2 Å². The van der Waals surface area contributed by atoms with Crippen molar-refractivity contribution < 1.29 is 14.6 Å². The Balaban J connectivity index is 1.86. The number of benzene rings is 1. The van der Waals surface area contributed by atoms with Crippen LogP contribution in [0.4, 0.5) is 4.79 Å². The first-order valence-corrected chi connectivity index (χ1v) is 8.37. The number of likely N-dealkylation sites (tertiary alicyclic amines) is 1. The van der Waals surface area contributed by atoms with E-state index in [9.17, 15) is 9.90 Å². The largest absolute Gasteiger partial charge is 0.445 e. The quantitative estimate of drug-likeness (QED) is 0.778. The number of rotatable bonds is 6. The number of nitriles is 1. The van der Waals surface area contributed by atoms with Crippen LogP contribution in [-0.4, -0.2) is 47.9 Å². The third-order valence-corrected chi connectivity index (χ3v) is 4.35. The number of aliphatic hydroxyl groups is 1. The smallest absolute Gasteiger partial charge is 0.407 e. The highest BCUT2D eigenvalue weighted by Crippen LogP contribution is 2.22. The van der Waals surface area contributed by atoms with E-state index in [-0.39, 0.29) is 18.6 Å². The van der Waals surface area contributed by atoms with Gasteiger partial charge in [0.1, 0.15) is 6.61 Å². The fourth-order valence-corrected chi connectivity index (χ4v) is 3.11. The van der Waals surface area contributed by atoms with Gasteiger partial charge >= 0.3 is 6.09 Å². The number of carbonyl (C=O) groups is 1. The fourth-order valence-electron chi connectivity index (χ4n) is 3.11. The van der Waals surface area contributed by atoms with Crippen molar-refractivity contribution in [2.45, 2.75) is 38.5 Å².